The zero-order chi connectivity index (χ0) is 33.7. The molecule has 0 radical (unpaired) electrons. The summed E-state index contributed by atoms with van der Waals surface area (Å²) in [4.78, 5) is 2.40. The van der Waals surface area contributed by atoms with Crippen molar-refractivity contribution in [3.63, 3.8) is 0 Å². The highest BCUT2D eigenvalue weighted by molar-refractivity contribution is 6.09. The fourth-order valence-corrected chi connectivity index (χ4v) is 7.92. The van der Waals surface area contributed by atoms with Crippen LogP contribution >= 0.6 is 0 Å². The summed E-state index contributed by atoms with van der Waals surface area (Å²) in [6, 6.07) is 68.5. The maximum Gasteiger partial charge on any atom is 0.0468 e. The molecule has 1 heteroatoms. The van der Waals surface area contributed by atoms with Crippen molar-refractivity contribution in [2.75, 3.05) is 4.90 Å². The first-order valence-electron chi connectivity index (χ1n) is 17.4. The van der Waals surface area contributed by atoms with Crippen molar-refractivity contribution in [1.29, 1.82) is 0 Å². The monoisotopic (exact) mass is 639 g/mol. The van der Waals surface area contributed by atoms with Gasteiger partial charge >= 0.3 is 0 Å². The Bertz CT molecular complexity index is 2380. The van der Waals surface area contributed by atoms with E-state index in [9.17, 15) is 0 Å². The topological polar surface area (TPSA) is 3.24 Å². The van der Waals surface area contributed by atoms with E-state index < -0.39 is 0 Å². The third-order valence-corrected chi connectivity index (χ3v) is 10.5. The number of anilines is 3. The molecule has 1 aliphatic rings. The van der Waals surface area contributed by atoms with Crippen molar-refractivity contribution in [3.05, 3.63) is 199 Å². The van der Waals surface area contributed by atoms with E-state index in [1.807, 2.05) is 0 Å². The smallest absolute Gasteiger partial charge is 0.0468 e. The highest BCUT2D eigenvalue weighted by Gasteiger charge is 2.35. The van der Waals surface area contributed by atoms with Crippen molar-refractivity contribution in [2.24, 2.45) is 0 Å². The molecule has 0 spiro atoms. The average molecular weight is 640 g/mol. The number of benzene rings is 8. The van der Waals surface area contributed by atoms with Gasteiger partial charge in [-0.25, -0.2) is 0 Å². The lowest BCUT2D eigenvalue weighted by molar-refractivity contribution is 0.645. The van der Waals surface area contributed by atoms with Crippen LogP contribution in [0.15, 0.2) is 188 Å². The van der Waals surface area contributed by atoms with Gasteiger partial charge in [0.2, 0.25) is 0 Å². The number of fused-ring (bicyclic) bond motifs is 2. The van der Waals surface area contributed by atoms with E-state index in [0.717, 1.165) is 17.1 Å². The minimum absolute atomic E-state index is 0.158. The Hall–Kier alpha value is -6.18. The Balaban J connectivity index is 1.25. The molecule has 0 aliphatic heterocycles. The van der Waals surface area contributed by atoms with E-state index in [1.165, 1.54) is 66.4 Å². The summed E-state index contributed by atoms with van der Waals surface area (Å²) >= 11 is 0. The van der Waals surface area contributed by atoms with Crippen LogP contribution in [0.5, 0.6) is 0 Å². The van der Waals surface area contributed by atoms with E-state index in [-0.39, 0.29) is 5.41 Å². The molecule has 1 aliphatic carbocycles. The normalized spacial score (nSPS) is 12.8. The van der Waals surface area contributed by atoms with E-state index in [2.05, 4.69) is 207 Å². The molecule has 0 fully saturated rings. The van der Waals surface area contributed by atoms with Gasteiger partial charge in [0.1, 0.15) is 0 Å². The Morgan fingerprint density at radius 1 is 0.360 bits per heavy atom. The Kier molecular flexibility index (Phi) is 7.21. The Morgan fingerprint density at radius 2 is 0.860 bits per heavy atom. The summed E-state index contributed by atoms with van der Waals surface area (Å²) in [6.45, 7) is 4.75. The summed E-state index contributed by atoms with van der Waals surface area (Å²) in [5.41, 5.74) is 15.9. The van der Waals surface area contributed by atoms with Gasteiger partial charge < -0.3 is 4.90 Å². The van der Waals surface area contributed by atoms with Crippen LogP contribution in [-0.2, 0) is 5.41 Å². The highest BCUT2D eigenvalue weighted by atomic mass is 15.1. The van der Waals surface area contributed by atoms with E-state index in [4.69, 9.17) is 0 Å². The van der Waals surface area contributed by atoms with Gasteiger partial charge in [-0.1, -0.05) is 166 Å². The summed E-state index contributed by atoms with van der Waals surface area (Å²) in [7, 11) is 0. The summed E-state index contributed by atoms with van der Waals surface area (Å²) in [5.74, 6) is 0. The molecular weight excluding hydrogens is 603 g/mol. The Morgan fingerprint density at radius 3 is 1.42 bits per heavy atom. The van der Waals surface area contributed by atoms with Gasteiger partial charge in [0.15, 0.2) is 0 Å². The fourth-order valence-electron chi connectivity index (χ4n) is 7.92. The summed E-state index contributed by atoms with van der Waals surface area (Å²) in [6.07, 6.45) is 0. The van der Waals surface area contributed by atoms with Crippen LogP contribution in [0, 0.1) is 0 Å². The van der Waals surface area contributed by atoms with Gasteiger partial charge in [0.05, 0.1) is 0 Å². The predicted molar refractivity (Wildman–Crippen MR) is 213 cm³/mol. The van der Waals surface area contributed by atoms with Crippen LogP contribution in [0.3, 0.4) is 0 Å². The van der Waals surface area contributed by atoms with E-state index >= 15 is 0 Å². The second kappa shape index (κ2) is 12.1. The molecule has 238 valence electrons. The van der Waals surface area contributed by atoms with Crippen LogP contribution in [0.2, 0.25) is 0 Å². The zero-order valence-electron chi connectivity index (χ0n) is 28.3. The lowest BCUT2D eigenvalue weighted by Gasteiger charge is -2.37. The standard InChI is InChI=1S/C49H37N/c1-49(2)45-32-30-42(33-44(45)48-43(38-17-10-5-11-18-38)31-25-39-19-12-20-46(49)47(39)48)50(40-26-21-36(22-27-40)34-13-6-3-7-14-34)41-28-23-37(24-29-41)35-15-8-4-9-16-35/h3-33H,1-2H3. The van der Waals surface area contributed by atoms with Crippen LogP contribution in [0.25, 0.3) is 55.3 Å². The molecule has 0 bridgehead atoms. The lowest BCUT2D eigenvalue weighted by Crippen LogP contribution is -2.24. The van der Waals surface area contributed by atoms with Crippen molar-refractivity contribution < 1.29 is 0 Å². The Labute approximate surface area is 294 Å². The summed E-state index contributed by atoms with van der Waals surface area (Å²) in [5, 5.41) is 2.64. The van der Waals surface area contributed by atoms with Crippen molar-refractivity contribution >= 4 is 27.8 Å². The molecule has 0 amide bonds. The van der Waals surface area contributed by atoms with Gasteiger partial charge in [-0.05, 0) is 103 Å². The molecular formula is C49H37N. The minimum atomic E-state index is -0.158. The van der Waals surface area contributed by atoms with Crippen molar-refractivity contribution in [2.45, 2.75) is 19.3 Å². The molecule has 0 unspecified atom stereocenters. The molecule has 8 aromatic carbocycles. The van der Waals surface area contributed by atoms with Gasteiger partial charge in [-0.2, -0.15) is 0 Å². The van der Waals surface area contributed by atoms with Crippen LogP contribution in [0.4, 0.5) is 17.1 Å². The number of nitrogens with zero attached hydrogens (tertiary/aromatic N) is 1. The SMILES string of the molecule is CC1(C)c2ccc(N(c3ccc(-c4ccccc4)cc3)c3ccc(-c4ccccc4)cc3)cc2-c2c(-c3ccccc3)ccc3cccc1c23. The minimum Gasteiger partial charge on any atom is -0.310 e. The van der Waals surface area contributed by atoms with Crippen LogP contribution in [0.1, 0.15) is 25.0 Å². The molecule has 9 rings (SSSR count). The third-order valence-electron chi connectivity index (χ3n) is 10.5. The molecule has 50 heavy (non-hydrogen) atoms. The van der Waals surface area contributed by atoms with Crippen molar-refractivity contribution in [3.8, 4) is 44.5 Å². The first kappa shape index (κ1) is 29.9. The quantitative estimate of drug-likeness (QED) is 0.175. The molecule has 0 heterocycles. The highest BCUT2D eigenvalue weighted by Crippen LogP contribution is 2.53. The molecule has 8 aromatic rings. The maximum absolute atomic E-state index is 2.43. The fraction of sp³-hybridized carbons (Fsp3) is 0.0612. The molecule has 0 saturated carbocycles. The van der Waals surface area contributed by atoms with E-state index in [0.29, 0.717) is 0 Å². The van der Waals surface area contributed by atoms with Crippen LogP contribution in [-0.4, -0.2) is 0 Å². The van der Waals surface area contributed by atoms with Gasteiger partial charge in [0, 0.05) is 22.5 Å². The van der Waals surface area contributed by atoms with Gasteiger partial charge in [-0.3, -0.25) is 0 Å². The molecule has 0 N–H and O–H groups in total. The number of hydrogen-bond acceptors (Lipinski definition) is 1. The predicted octanol–water partition coefficient (Wildman–Crippen LogP) is 13.6. The largest absolute Gasteiger partial charge is 0.310 e. The number of rotatable bonds is 6. The van der Waals surface area contributed by atoms with Crippen molar-refractivity contribution in [1.82, 2.24) is 0 Å². The van der Waals surface area contributed by atoms with E-state index in [1.54, 1.807) is 0 Å². The molecule has 0 aromatic heterocycles. The molecule has 0 saturated heterocycles. The lowest BCUT2D eigenvalue weighted by atomic mass is 9.67. The molecule has 1 nitrogen and oxygen atoms in total. The summed E-state index contributed by atoms with van der Waals surface area (Å²) < 4.78 is 0. The first-order valence-corrected chi connectivity index (χ1v) is 17.4. The first-order chi connectivity index (χ1) is 24.6. The van der Waals surface area contributed by atoms with Gasteiger partial charge in [0.25, 0.3) is 0 Å². The number of hydrogen-bond donors (Lipinski definition) is 0. The second-order valence-electron chi connectivity index (χ2n) is 13.8. The molecule has 0 atom stereocenters. The maximum atomic E-state index is 2.43. The third kappa shape index (κ3) is 5.02. The van der Waals surface area contributed by atoms with Crippen LogP contribution < -0.4 is 4.90 Å². The average Bonchev–Trinajstić information content (AvgIpc) is 3.18. The second-order valence-corrected chi connectivity index (χ2v) is 13.8. The van der Waals surface area contributed by atoms with Gasteiger partial charge in [-0.15, -0.1) is 0 Å². The zero-order valence-corrected chi connectivity index (χ0v) is 28.3.